The smallest absolute Gasteiger partial charge is 0.320 e. The number of rotatable bonds is 22. The number of thiophene rings is 1. The van der Waals surface area contributed by atoms with Gasteiger partial charge in [0.25, 0.3) is 0 Å². The largest absolute Gasteiger partial charge is 0.481 e. The molecule has 7 atom stereocenters. The highest BCUT2D eigenvalue weighted by molar-refractivity contribution is 7.09. The van der Waals surface area contributed by atoms with Crippen LogP contribution in [0.2, 0.25) is 0 Å². The number of nitrogens with two attached hydrogens (primary N) is 1. The summed E-state index contributed by atoms with van der Waals surface area (Å²) < 4.78 is 0. The summed E-state index contributed by atoms with van der Waals surface area (Å²) in [5.41, 5.74) is 5.86. The zero-order valence-corrected chi connectivity index (χ0v) is 27.2. The number of amides is 3. The average molecular weight is 642 g/mol. The maximum absolute atomic E-state index is 13.7. The van der Waals surface area contributed by atoms with E-state index in [1.54, 1.807) is 6.92 Å². The van der Waals surface area contributed by atoms with Gasteiger partial charge in [0.15, 0.2) is 0 Å². The second-order valence-corrected chi connectivity index (χ2v) is 12.7. The van der Waals surface area contributed by atoms with E-state index in [1.807, 2.05) is 45.2 Å². The number of hydrogen-bond acceptors (Lipinski definition) is 9. The number of carbonyl (C=O) groups excluding carboxylic acids is 3. The Labute approximate surface area is 263 Å². The molecule has 1 aromatic rings. The average Bonchev–Trinajstić information content (AvgIpc) is 3.47. The highest BCUT2D eigenvalue weighted by Crippen LogP contribution is 2.15. The molecule has 0 fully saturated rings. The molecular formula is C30H51N5O8S. The summed E-state index contributed by atoms with van der Waals surface area (Å²) in [5.74, 6) is -4.15. The monoisotopic (exact) mass is 641 g/mol. The van der Waals surface area contributed by atoms with Crippen LogP contribution in [0.3, 0.4) is 0 Å². The molecule has 0 aliphatic carbocycles. The molecule has 0 saturated heterocycles. The number of aliphatic carboxylic acids is 2. The second kappa shape index (κ2) is 20.1. The van der Waals surface area contributed by atoms with Crippen molar-refractivity contribution in [3.05, 3.63) is 22.4 Å². The zero-order valence-electron chi connectivity index (χ0n) is 26.4. The Hall–Kier alpha value is -3.07. The highest BCUT2D eigenvalue weighted by Gasteiger charge is 2.33. The molecule has 0 radical (unpaired) electrons. The van der Waals surface area contributed by atoms with Gasteiger partial charge in [-0.2, -0.15) is 0 Å². The van der Waals surface area contributed by atoms with Crippen molar-refractivity contribution in [1.82, 2.24) is 21.3 Å². The summed E-state index contributed by atoms with van der Waals surface area (Å²) in [5, 5.41) is 42.3. The normalized spacial score (nSPS) is 16.2. The topological polar surface area (TPSA) is 220 Å². The minimum atomic E-state index is -1.12. The van der Waals surface area contributed by atoms with E-state index >= 15 is 0 Å². The molecule has 0 aliphatic rings. The molecule has 44 heavy (non-hydrogen) atoms. The molecule has 0 saturated carbocycles. The van der Waals surface area contributed by atoms with Gasteiger partial charge in [0.2, 0.25) is 17.7 Å². The lowest BCUT2D eigenvalue weighted by Crippen LogP contribution is -2.59. The number of hydrogen-bond donors (Lipinski definition) is 8. The Morgan fingerprint density at radius 2 is 1.61 bits per heavy atom. The van der Waals surface area contributed by atoms with Gasteiger partial charge in [-0.3, -0.25) is 24.0 Å². The van der Waals surface area contributed by atoms with Crippen LogP contribution in [0, 0.1) is 11.8 Å². The molecule has 0 aromatic carbocycles. The highest BCUT2D eigenvalue weighted by atomic mass is 32.1. The maximum Gasteiger partial charge on any atom is 0.320 e. The summed E-state index contributed by atoms with van der Waals surface area (Å²) in [7, 11) is 0. The number of aliphatic hydroxyl groups is 1. The minimum Gasteiger partial charge on any atom is -0.481 e. The third kappa shape index (κ3) is 14.1. The summed E-state index contributed by atoms with van der Waals surface area (Å²) in [4.78, 5) is 63.2. The molecule has 0 bridgehead atoms. The van der Waals surface area contributed by atoms with Crippen LogP contribution in [0.5, 0.6) is 0 Å². The summed E-state index contributed by atoms with van der Waals surface area (Å²) in [6.07, 6.45) is 0.618. The van der Waals surface area contributed by atoms with Crippen molar-refractivity contribution in [3.8, 4) is 0 Å². The van der Waals surface area contributed by atoms with E-state index in [2.05, 4.69) is 21.3 Å². The molecule has 1 aromatic heterocycles. The van der Waals surface area contributed by atoms with Gasteiger partial charge in [0.05, 0.1) is 18.2 Å². The first-order chi connectivity index (χ1) is 20.7. The maximum atomic E-state index is 13.7. The molecule has 0 aliphatic heterocycles. The number of carboxylic acid groups (broad SMARTS) is 2. The van der Waals surface area contributed by atoms with E-state index in [9.17, 15) is 34.2 Å². The second-order valence-electron chi connectivity index (χ2n) is 11.7. The van der Waals surface area contributed by atoms with Crippen molar-refractivity contribution in [3.63, 3.8) is 0 Å². The first kappa shape index (κ1) is 39.0. The molecule has 13 nitrogen and oxygen atoms in total. The molecule has 9 N–H and O–H groups in total. The summed E-state index contributed by atoms with van der Waals surface area (Å²) in [6, 6.07) is -1.12. The summed E-state index contributed by atoms with van der Waals surface area (Å²) >= 11 is 1.41. The van der Waals surface area contributed by atoms with Crippen molar-refractivity contribution in [2.75, 3.05) is 6.54 Å². The van der Waals surface area contributed by atoms with Crippen molar-refractivity contribution >= 4 is 41.0 Å². The van der Waals surface area contributed by atoms with Crippen molar-refractivity contribution in [2.24, 2.45) is 17.6 Å². The van der Waals surface area contributed by atoms with Gasteiger partial charge in [-0.25, -0.2) is 0 Å². The summed E-state index contributed by atoms with van der Waals surface area (Å²) in [6.45, 7) is 9.29. The Bertz CT molecular complexity index is 1050. The van der Waals surface area contributed by atoms with Gasteiger partial charge in [0, 0.05) is 24.3 Å². The molecule has 14 heteroatoms. The number of aliphatic hydroxyl groups excluding tert-OH is 1. The number of carboxylic acids is 2. The van der Waals surface area contributed by atoms with Crippen LogP contribution in [0.4, 0.5) is 0 Å². The number of carbonyl (C=O) groups is 5. The molecule has 1 heterocycles. The van der Waals surface area contributed by atoms with Crippen molar-refractivity contribution in [2.45, 2.75) is 116 Å². The van der Waals surface area contributed by atoms with Crippen LogP contribution in [-0.4, -0.2) is 87.8 Å². The van der Waals surface area contributed by atoms with Gasteiger partial charge in [-0.15, -0.1) is 11.3 Å². The Morgan fingerprint density at radius 1 is 0.932 bits per heavy atom. The van der Waals surface area contributed by atoms with E-state index < -0.39 is 66.0 Å². The van der Waals surface area contributed by atoms with Crippen molar-refractivity contribution in [1.29, 1.82) is 0 Å². The van der Waals surface area contributed by atoms with E-state index in [-0.39, 0.29) is 37.6 Å². The lowest BCUT2D eigenvalue weighted by atomic mass is 9.96. The predicted molar refractivity (Wildman–Crippen MR) is 168 cm³/mol. The molecule has 1 rings (SSSR count). The third-order valence-corrected chi connectivity index (χ3v) is 8.28. The van der Waals surface area contributed by atoms with Crippen LogP contribution in [-0.2, 0) is 30.4 Å². The Kier molecular flexibility index (Phi) is 17.8. The van der Waals surface area contributed by atoms with Crippen LogP contribution < -0.4 is 27.0 Å². The molecule has 3 amide bonds. The SMILES string of the molecule is CCC[C@H](NC[C@H](O)[C@H](CC(C)C)NC(=O)[C@H](Cc1cccs1)NC(=O)[C@@H](NC(=O)[C@@H](N)CCC(=O)O)[C@@H](C)CC)C(=O)O. The number of nitrogens with one attached hydrogen (secondary N) is 4. The Morgan fingerprint density at radius 3 is 2.14 bits per heavy atom. The van der Waals surface area contributed by atoms with Crippen LogP contribution in [0.15, 0.2) is 17.5 Å². The first-order valence-corrected chi connectivity index (χ1v) is 16.1. The fraction of sp³-hybridized carbons (Fsp3) is 0.700. The molecule has 250 valence electrons. The fourth-order valence-electron chi connectivity index (χ4n) is 4.58. The molecular weight excluding hydrogens is 590 g/mol. The van der Waals surface area contributed by atoms with Crippen LogP contribution >= 0.6 is 11.3 Å². The quantitative estimate of drug-likeness (QED) is 0.0905. The van der Waals surface area contributed by atoms with Gasteiger partial charge in [0.1, 0.15) is 18.1 Å². The zero-order chi connectivity index (χ0) is 33.4. The Balaban J connectivity index is 3.15. The van der Waals surface area contributed by atoms with Crippen LogP contribution in [0.25, 0.3) is 0 Å². The van der Waals surface area contributed by atoms with E-state index in [0.717, 1.165) is 4.88 Å². The van der Waals surface area contributed by atoms with Gasteiger partial charge >= 0.3 is 11.9 Å². The molecule has 0 spiro atoms. The van der Waals surface area contributed by atoms with Gasteiger partial charge in [-0.1, -0.05) is 53.5 Å². The molecule has 0 unspecified atom stereocenters. The van der Waals surface area contributed by atoms with E-state index in [1.165, 1.54) is 11.3 Å². The van der Waals surface area contributed by atoms with Crippen molar-refractivity contribution < 1.29 is 39.3 Å². The minimum absolute atomic E-state index is 0.0547. The third-order valence-electron chi connectivity index (χ3n) is 7.38. The first-order valence-electron chi connectivity index (χ1n) is 15.2. The van der Waals surface area contributed by atoms with E-state index in [4.69, 9.17) is 10.8 Å². The van der Waals surface area contributed by atoms with Crippen LogP contribution in [0.1, 0.15) is 78.0 Å². The lowest BCUT2D eigenvalue weighted by molar-refractivity contribution is -0.140. The van der Waals surface area contributed by atoms with E-state index in [0.29, 0.717) is 25.7 Å². The fourth-order valence-corrected chi connectivity index (χ4v) is 5.34. The lowest BCUT2D eigenvalue weighted by Gasteiger charge is -2.30. The van der Waals surface area contributed by atoms with Gasteiger partial charge in [-0.05, 0) is 42.5 Å². The van der Waals surface area contributed by atoms with Gasteiger partial charge < -0.3 is 42.3 Å². The standard InChI is InChI=1S/C30H51N5O8S/c1-6-9-21(30(42)43)32-16-24(36)22(14-17(3)4)33-28(40)23(15-19-10-8-13-44-19)34-29(41)26(18(5)7-2)35-27(39)20(31)11-12-25(37)38/h8,10,13,17-18,20-24,26,32,36H,6-7,9,11-12,14-16,31H2,1-5H3,(H,33,40)(H,34,41)(H,35,39)(H,37,38)(H,42,43)/t18-,20-,21-,22-,23-,24-,26-/m0/s1. The predicted octanol–water partition coefficient (Wildman–Crippen LogP) is 1.23.